The van der Waals surface area contributed by atoms with E-state index in [-0.39, 0.29) is 5.83 Å². The van der Waals surface area contributed by atoms with E-state index in [4.69, 9.17) is 0 Å². The summed E-state index contributed by atoms with van der Waals surface area (Å²) in [4.78, 5) is 3.62. The third-order valence-corrected chi connectivity index (χ3v) is 1.06. The van der Waals surface area contributed by atoms with Crippen molar-refractivity contribution in [3.63, 3.8) is 0 Å². The van der Waals surface area contributed by atoms with E-state index >= 15 is 0 Å². The average Bonchev–Trinajstić information content (AvgIpc) is 1.83. The van der Waals surface area contributed by atoms with Gasteiger partial charge in [0, 0.05) is 0 Å². The Bertz CT molecular complexity index is 156. The van der Waals surface area contributed by atoms with Crippen molar-refractivity contribution < 1.29 is 4.39 Å². The molecule has 9 heavy (non-hydrogen) atoms. The zero-order valence-corrected chi connectivity index (χ0v) is 6.65. The lowest BCUT2D eigenvalue weighted by Crippen LogP contribution is -1.72. The molecule has 0 heterocycles. The molecule has 0 aromatic carbocycles. The predicted octanol–water partition coefficient (Wildman–Crippen LogP) is 2.80. The number of allylic oxidation sites excluding steroid dienone is 2. The van der Waals surface area contributed by atoms with Crippen LogP contribution in [-0.2, 0) is 0 Å². The molecule has 0 aromatic heterocycles. The van der Waals surface area contributed by atoms with Gasteiger partial charge < -0.3 is 0 Å². The molecule has 0 atom stereocenters. The second-order valence-electron chi connectivity index (χ2n) is 1.37. The van der Waals surface area contributed by atoms with Crippen LogP contribution in [0.4, 0.5) is 4.39 Å². The highest BCUT2D eigenvalue weighted by molar-refractivity contribution is 9.18. The van der Waals surface area contributed by atoms with Crippen molar-refractivity contribution in [1.29, 1.82) is 0 Å². The van der Waals surface area contributed by atoms with Gasteiger partial charge in [-0.2, -0.15) is 0 Å². The Morgan fingerprint density at radius 2 is 2.33 bits per heavy atom. The zero-order valence-electron chi connectivity index (χ0n) is 5.06. The Hall–Kier alpha value is -0.440. The lowest BCUT2D eigenvalue weighted by atomic mass is 10.6. The molecule has 0 bridgehead atoms. The molecule has 0 spiro atoms. The summed E-state index contributed by atoms with van der Waals surface area (Å²) in [5.41, 5.74) is 0. The number of rotatable bonds is 2. The predicted molar refractivity (Wildman–Crippen MR) is 41.4 cm³/mol. The van der Waals surface area contributed by atoms with Crippen molar-refractivity contribution >= 4 is 20.6 Å². The molecule has 0 radical (unpaired) electrons. The summed E-state index contributed by atoms with van der Waals surface area (Å²) in [6, 6.07) is 0. The number of halogens is 2. The van der Waals surface area contributed by atoms with Gasteiger partial charge in [-0.05, 0) is 28.9 Å². The van der Waals surface area contributed by atoms with Crippen molar-refractivity contribution in [3.8, 4) is 0 Å². The maximum absolute atomic E-state index is 11.9. The first-order chi connectivity index (χ1) is 4.16. The first kappa shape index (κ1) is 8.56. The largest absolute Gasteiger partial charge is 0.247 e. The summed E-state index contributed by atoms with van der Waals surface area (Å²) in [7, 11) is 0. The summed E-state index contributed by atoms with van der Waals surface area (Å²) in [5.74, 6) is -0.325. The monoisotopic (exact) mass is 191 g/mol. The van der Waals surface area contributed by atoms with E-state index in [9.17, 15) is 4.39 Å². The van der Waals surface area contributed by atoms with Gasteiger partial charge in [-0.1, -0.05) is 6.58 Å². The fraction of sp³-hybridized carbons (Fsp3) is 0.167. The SMILES string of the molecule is C=CC(Br)=N/C=C(\C)F. The molecule has 50 valence electrons. The van der Waals surface area contributed by atoms with Crippen LogP contribution in [0.5, 0.6) is 0 Å². The molecule has 0 amide bonds. The third kappa shape index (κ3) is 5.43. The number of nitrogens with zero attached hydrogens (tertiary/aromatic N) is 1. The normalized spacial score (nSPS) is 13.7. The Morgan fingerprint density at radius 3 is 2.67 bits per heavy atom. The molecule has 0 aliphatic rings. The Balaban J connectivity index is 3.98. The van der Waals surface area contributed by atoms with E-state index in [1.807, 2.05) is 0 Å². The fourth-order valence-electron chi connectivity index (χ4n) is 0.203. The second kappa shape index (κ2) is 4.44. The summed E-state index contributed by atoms with van der Waals surface area (Å²) in [6.45, 7) is 4.74. The minimum absolute atomic E-state index is 0.325. The van der Waals surface area contributed by atoms with E-state index < -0.39 is 0 Å². The highest BCUT2D eigenvalue weighted by Crippen LogP contribution is 1.96. The summed E-state index contributed by atoms with van der Waals surface area (Å²) in [5, 5.41) is 0. The van der Waals surface area contributed by atoms with Crippen molar-refractivity contribution in [2.45, 2.75) is 6.92 Å². The van der Waals surface area contributed by atoms with Crippen LogP contribution in [0, 0.1) is 0 Å². The van der Waals surface area contributed by atoms with Gasteiger partial charge in [0.05, 0.1) is 6.20 Å². The molecule has 0 aromatic rings. The van der Waals surface area contributed by atoms with Gasteiger partial charge in [0.2, 0.25) is 0 Å². The molecule has 0 N–H and O–H groups in total. The topological polar surface area (TPSA) is 12.4 Å². The van der Waals surface area contributed by atoms with E-state index in [1.165, 1.54) is 13.0 Å². The maximum Gasteiger partial charge on any atom is 0.115 e. The molecule has 0 aliphatic heterocycles. The number of hydrogen-bond donors (Lipinski definition) is 0. The van der Waals surface area contributed by atoms with Crippen molar-refractivity contribution in [2.24, 2.45) is 4.99 Å². The molecule has 3 heteroatoms. The van der Waals surface area contributed by atoms with Crippen LogP contribution in [0.25, 0.3) is 0 Å². The van der Waals surface area contributed by atoms with Crippen LogP contribution in [-0.4, -0.2) is 4.62 Å². The minimum Gasteiger partial charge on any atom is -0.247 e. The Labute approximate surface area is 62.1 Å². The van der Waals surface area contributed by atoms with E-state index in [0.717, 1.165) is 6.20 Å². The zero-order chi connectivity index (χ0) is 7.28. The molecular formula is C6H7BrFN. The van der Waals surface area contributed by atoms with Crippen molar-refractivity contribution in [1.82, 2.24) is 0 Å². The van der Waals surface area contributed by atoms with Crippen LogP contribution in [0.3, 0.4) is 0 Å². The van der Waals surface area contributed by atoms with Crippen LogP contribution in [0.1, 0.15) is 6.92 Å². The van der Waals surface area contributed by atoms with Crippen LogP contribution in [0.2, 0.25) is 0 Å². The standard InChI is InChI=1S/C6H7BrFN/c1-3-6(7)9-4-5(2)8/h3-4H,1H2,2H3/b5-4+,9-6?. The molecule has 0 saturated carbocycles. The summed E-state index contributed by atoms with van der Waals surface area (Å²) >= 11 is 3.03. The van der Waals surface area contributed by atoms with Gasteiger partial charge >= 0.3 is 0 Å². The maximum atomic E-state index is 11.9. The van der Waals surface area contributed by atoms with Gasteiger partial charge in [-0.15, -0.1) is 0 Å². The number of hydrogen-bond acceptors (Lipinski definition) is 1. The van der Waals surface area contributed by atoms with Gasteiger partial charge in [-0.3, -0.25) is 0 Å². The second-order valence-corrected chi connectivity index (χ2v) is 2.18. The molecule has 0 rings (SSSR count). The summed E-state index contributed by atoms with van der Waals surface area (Å²) < 4.78 is 12.4. The molecule has 0 saturated heterocycles. The lowest BCUT2D eigenvalue weighted by Gasteiger charge is -1.81. The Morgan fingerprint density at radius 1 is 1.78 bits per heavy atom. The van der Waals surface area contributed by atoms with Gasteiger partial charge in [0.1, 0.15) is 10.4 Å². The summed E-state index contributed by atoms with van der Waals surface area (Å²) in [6.07, 6.45) is 2.60. The average molecular weight is 192 g/mol. The number of aliphatic imine (C=N–C) groups is 1. The third-order valence-electron chi connectivity index (χ3n) is 0.534. The van der Waals surface area contributed by atoms with E-state index in [1.54, 1.807) is 0 Å². The van der Waals surface area contributed by atoms with Crippen molar-refractivity contribution in [2.75, 3.05) is 0 Å². The molecule has 1 nitrogen and oxygen atoms in total. The molecule has 0 fully saturated rings. The van der Waals surface area contributed by atoms with Crippen LogP contribution < -0.4 is 0 Å². The first-order valence-corrected chi connectivity index (χ1v) is 3.14. The van der Waals surface area contributed by atoms with Gasteiger partial charge in [0.15, 0.2) is 0 Å². The minimum atomic E-state index is -0.325. The highest BCUT2D eigenvalue weighted by atomic mass is 79.9. The molecular weight excluding hydrogens is 185 g/mol. The lowest BCUT2D eigenvalue weighted by molar-refractivity contribution is 0.637. The first-order valence-electron chi connectivity index (χ1n) is 2.35. The van der Waals surface area contributed by atoms with Crippen LogP contribution in [0.15, 0.2) is 29.7 Å². The van der Waals surface area contributed by atoms with E-state index in [0.29, 0.717) is 4.62 Å². The molecule has 0 aliphatic carbocycles. The smallest absolute Gasteiger partial charge is 0.115 e. The highest BCUT2D eigenvalue weighted by Gasteiger charge is 1.80. The van der Waals surface area contributed by atoms with Gasteiger partial charge in [-0.25, -0.2) is 9.38 Å². The fourth-order valence-corrected chi connectivity index (χ4v) is 0.306. The molecule has 0 unspecified atom stereocenters. The van der Waals surface area contributed by atoms with Crippen LogP contribution >= 0.6 is 15.9 Å². The van der Waals surface area contributed by atoms with E-state index in [2.05, 4.69) is 27.5 Å². The van der Waals surface area contributed by atoms with Gasteiger partial charge in [0.25, 0.3) is 0 Å². The quantitative estimate of drug-likeness (QED) is 0.596. The Kier molecular flexibility index (Phi) is 4.22. The van der Waals surface area contributed by atoms with Crippen molar-refractivity contribution in [3.05, 3.63) is 24.7 Å².